The summed E-state index contributed by atoms with van der Waals surface area (Å²) >= 11 is 0. The van der Waals surface area contributed by atoms with Gasteiger partial charge in [-0.25, -0.2) is 4.79 Å². The Balaban J connectivity index is 1.58. The van der Waals surface area contributed by atoms with Crippen LogP contribution in [0.4, 0.5) is 4.79 Å². The summed E-state index contributed by atoms with van der Waals surface area (Å²) in [6.45, 7) is 5.04. The Bertz CT molecular complexity index is 1510. The number of ether oxygens (including phenoxy) is 1. The molecule has 0 aliphatic carbocycles. The number of carbonyl (C=O) groups is 3. The minimum atomic E-state index is -1.02. The molecule has 0 spiro atoms. The van der Waals surface area contributed by atoms with Crippen LogP contribution < -0.4 is 21.1 Å². The standard InChI is InChI=1S/C35H39N5O4/c1-3-44-31-17-14-27(15-18-31)21-32(39-33(41)30-16-9-25(2)37-24-30)34(42)40(20-19-26-7-5-4-6-8-26)35(43)38-23-29-12-10-28(22-36)11-13-29/h4-18,24,32H,3,19-23,36H2,1-2H3,(H,38,43)(H,39,41)/t32-/m1/s1. The van der Waals surface area contributed by atoms with Crippen LogP contribution in [0.25, 0.3) is 0 Å². The average Bonchev–Trinajstić information content (AvgIpc) is 3.05. The second-order valence-corrected chi connectivity index (χ2v) is 10.4. The zero-order valence-electron chi connectivity index (χ0n) is 25.2. The van der Waals surface area contributed by atoms with Crippen molar-refractivity contribution in [2.75, 3.05) is 13.2 Å². The number of amides is 4. The molecule has 9 nitrogen and oxygen atoms in total. The molecule has 228 valence electrons. The third-order valence-electron chi connectivity index (χ3n) is 7.13. The molecular formula is C35H39N5O4. The second-order valence-electron chi connectivity index (χ2n) is 10.4. The Kier molecular flexibility index (Phi) is 11.6. The lowest BCUT2D eigenvalue weighted by molar-refractivity contribution is -0.130. The van der Waals surface area contributed by atoms with Gasteiger partial charge in [-0.1, -0.05) is 66.7 Å². The van der Waals surface area contributed by atoms with E-state index in [0.29, 0.717) is 30.9 Å². The fraction of sp³-hybridized carbons (Fsp3) is 0.257. The number of pyridine rings is 1. The molecule has 0 radical (unpaired) electrons. The molecule has 44 heavy (non-hydrogen) atoms. The summed E-state index contributed by atoms with van der Waals surface area (Å²) in [5.74, 6) is -0.262. The fourth-order valence-electron chi connectivity index (χ4n) is 4.62. The molecule has 1 heterocycles. The van der Waals surface area contributed by atoms with Gasteiger partial charge in [-0.05, 0) is 66.8 Å². The van der Waals surface area contributed by atoms with Crippen molar-refractivity contribution in [2.45, 2.75) is 45.8 Å². The number of nitrogens with one attached hydrogen (secondary N) is 2. The van der Waals surface area contributed by atoms with Gasteiger partial charge in [0.25, 0.3) is 11.8 Å². The van der Waals surface area contributed by atoms with Crippen molar-refractivity contribution in [1.82, 2.24) is 20.5 Å². The number of nitrogens with zero attached hydrogens (tertiary/aromatic N) is 2. The van der Waals surface area contributed by atoms with Gasteiger partial charge < -0.3 is 21.1 Å². The van der Waals surface area contributed by atoms with Crippen molar-refractivity contribution in [3.8, 4) is 5.75 Å². The molecule has 0 aliphatic rings. The smallest absolute Gasteiger partial charge is 0.324 e. The number of aryl methyl sites for hydroxylation is 1. The van der Waals surface area contributed by atoms with Gasteiger partial charge in [0, 0.05) is 37.9 Å². The molecule has 0 bridgehead atoms. The normalized spacial score (nSPS) is 11.3. The lowest BCUT2D eigenvalue weighted by Gasteiger charge is -2.27. The number of nitrogens with two attached hydrogens (primary N) is 1. The Labute approximate surface area is 258 Å². The van der Waals surface area contributed by atoms with Gasteiger partial charge in [-0.2, -0.15) is 0 Å². The summed E-state index contributed by atoms with van der Waals surface area (Å²) in [5, 5.41) is 5.75. The number of urea groups is 1. The third kappa shape index (κ3) is 9.24. The van der Waals surface area contributed by atoms with E-state index in [9.17, 15) is 14.4 Å². The molecule has 4 aromatic rings. The summed E-state index contributed by atoms with van der Waals surface area (Å²) in [7, 11) is 0. The fourth-order valence-corrected chi connectivity index (χ4v) is 4.62. The molecule has 1 atom stereocenters. The van der Waals surface area contributed by atoms with Crippen molar-refractivity contribution in [3.05, 3.63) is 131 Å². The molecular weight excluding hydrogens is 554 g/mol. The summed E-state index contributed by atoms with van der Waals surface area (Å²) < 4.78 is 5.55. The highest BCUT2D eigenvalue weighted by molar-refractivity contribution is 6.01. The first-order chi connectivity index (χ1) is 21.4. The highest BCUT2D eigenvalue weighted by atomic mass is 16.5. The van der Waals surface area contributed by atoms with Gasteiger partial charge in [0.15, 0.2) is 0 Å². The van der Waals surface area contributed by atoms with Crippen molar-refractivity contribution in [3.63, 3.8) is 0 Å². The van der Waals surface area contributed by atoms with Gasteiger partial charge in [-0.3, -0.25) is 19.5 Å². The maximum Gasteiger partial charge on any atom is 0.324 e. The second kappa shape index (κ2) is 16.0. The molecule has 9 heteroatoms. The highest BCUT2D eigenvalue weighted by Crippen LogP contribution is 2.16. The zero-order valence-corrected chi connectivity index (χ0v) is 25.2. The van der Waals surface area contributed by atoms with Crippen LogP contribution in [-0.2, 0) is 30.7 Å². The van der Waals surface area contributed by atoms with Gasteiger partial charge in [0.1, 0.15) is 11.8 Å². The first kappa shape index (κ1) is 31.9. The molecule has 0 saturated heterocycles. The highest BCUT2D eigenvalue weighted by Gasteiger charge is 2.30. The number of hydrogen-bond acceptors (Lipinski definition) is 6. The Morgan fingerprint density at radius 2 is 1.55 bits per heavy atom. The Morgan fingerprint density at radius 3 is 2.18 bits per heavy atom. The summed E-state index contributed by atoms with van der Waals surface area (Å²) in [4.78, 5) is 46.5. The van der Waals surface area contributed by atoms with Gasteiger partial charge in [-0.15, -0.1) is 0 Å². The number of aromatic nitrogens is 1. The minimum absolute atomic E-state index is 0.128. The lowest BCUT2D eigenvalue weighted by atomic mass is 10.0. The first-order valence-electron chi connectivity index (χ1n) is 14.7. The van der Waals surface area contributed by atoms with Crippen LogP contribution in [0.1, 0.15) is 45.2 Å². The monoisotopic (exact) mass is 593 g/mol. The van der Waals surface area contributed by atoms with Crippen LogP contribution in [0.15, 0.2) is 97.2 Å². The molecule has 4 N–H and O–H groups in total. The van der Waals surface area contributed by atoms with E-state index >= 15 is 0 Å². The van der Waals surface area contributed by atoms with E-state index in [4.69, 9.17) is 10.5 Å². The zero-order chi connectivity index (χ0) is 31.3. The Hall–Kier alpha value is -5.02. The van der Waals surface area contributed by atoms with Crippen LogP contribution >= 0.6 is 0 Å². The predicted molar refractivity (Wildman–Crippen MR) is 170 cm³/mol. The minimum Gasteiger partial charge on any atom is -0.494 e. The van der Waals surface area contributed by atoms with Crippen LogP contribution in [0.3, 0.4) is 0 Å². The van der Waals surface area contributed by atoms with Crippen molar-refractivity contribution >= 4 is 17.8 Å². The van der Waals surface area contributed by atoms with E-state index in [1.807, 2.05) is 92.7 Å². The molecule has 1 aromatic heterocycles. The number of imide groups is 1. The van der Waals surface area contributed by atoms with Gasteiger partial charge >= 0.3 is 6.03 Å². The largest absolute Gasteiger partial charge is 0.494 e. The SMILES string of the molecule is CCOc1ccc(C[C@@H](NC(=O)c2ccc(C)nc2)C(=O)N(CCc2ccccc2)C(=O)NCc2ccc(CN)cc2)cc1. The third-order valence-corrected chi connectivity index (χ3v) is 7.13. The van der Waals surface area contributed by atoms with Crippen molar-refractivity contribution in [1.29, 1.82) is 0 Å². The lowest BCUT2D eigenvalue weighted by Crippen LogP contribution is -2.54. The Morgan fingerprint density at radius 1 is 0.864 bits per heavy atom. The van der Waals surface area contributed by atoms with Crippen LogP contribution in [0, 0.1) is 6.92 Å². The number of hydrogen-bond donors (Lipinski definition) is 3. The maximum absolute atomic E-state index is 14.2. The molecule has 0 fully saturated rings. The van der Waals surface area contributed by atoms with E-state index in [1.54, 1.807) is 12.1 Å². The predicted octanol–water partition coefficient (Wildman–Crippen LogP) is 4.57. The summed E-state index contributed by atoms with van der Waals surface area (Å²) in [5.41, 5.74) is 10.4. The van der Waals surface area contributed by atoms with Crippen LogP contribution in [-0.4, -0.2) is 46.9 Å². The van der Waals surface area contributed by atoms with Crippen LogP contribution in [0.5, 0.6) is 5.75 Å². The topological polar surface area (TPSA) is 127 Å². The first-order valence-corrected chi connectivity index (χ1v) is 14.7. The van der Waals surface area contributed by atoms with E-state index in [1.165, 1.54) is 11.1 Å². The number of rotatable bonds is 13. The van der Waals surface area contributed by atoms with E-state index in [-0.39, 0.29) is 19.5 Å². The van der Waals surface area contributed by atoms with Crippen LogP contribution in [0.2, 0.25) is 0 Å². The summed E-state index contributed by atoms with van der Waals surface area (Å²) in [6.07, 6.45) is 2.10. The van der Waals surface area contributed by atoms with E-state index in [2.05, 4.69) is 15.6 Å². The molecule has 0 saturated carbocycles. The quantitative estimate of drug-likeness (QED) is 0.209. The molecule has 4 rings (SSSR count). The van der Waals surface area contributed by atoms with Crippen molar-refractivity contribution < 1.29 is 19.1 Å². The molecule has 0 unspecified atom stereocenters. The molecule has 4 amide bonds. The maximum atomic E-state index is 14.2. The van der Waals surface area contributed by atoms with Crippen molar-refractivity contribution in [2.24, 2.45) is 5.73 Å². The molecule has 3 aromatic carbocycles. The van der Waals surface area contributed by atoms with E-state index < -0.39 is 23.9 Å². The number of benzene rings is 3. The summed E-state index contributed by atoms with van der Waals surface area (Å²) in [6, 6.07) is 26.4. The molecule has 0 aliphatic heterocycles. The van der Waals surface area contributed by atoms with Gasteiger partial charge in [0.2, 0.25) is 0 Å². The van der Waals surface area contributed by atoms with Gasteiger partial charge in [0.05, 0.1) is 12.2 Å². The average molecular weight is 594 g/mol. The number of carbonyl (C=O) groups excluding carboxylic acids is 3. The van der Waals surface area contributed by atoms with E-state index in [0.717, 1.165) is 27.9 Å².